The topological polar surface area (TPSA) is 38.5 Å². The number of nitrogens with two attached hydrogens (primary N) is 1. The lowest BCUT2D eigenvalue weighted by molar-refractivity contribution is 0.118. The van der Waals surface area contributed by atoms with Crippen molar-refractivity contribution in [1.82, 2.24) is 0 Å². The first-order chi connectivity index (χ1) is 8.69. The summed E-state index contributed by atoms with van der Waals surface area (Å²) in [6.45, 7) is 7.33. The Labute approximate surface area is 110 Å². The van der Waals surface area contributed by atoms with Crippen LogP contribution in [0.1, 0.15) is 30.4 Å². The van der Waals surface area contributed by atoms with Gasteiger partial charge < -0.3 is 9.74 Å². The van der Waals surface area contributed by atoms with Crippen LogP contribution in [0.2, 0.25) is 0 Å². The molecular formula is C15H24N2O. The number of anilines is 1. The molecule has 3 heteroatoms. The average Bonchev–Trinajstić information content (AvgIpc) is 2.36. The van der Waals surface area contributed by atoms with E-state index in [-0.39, 0.29) is 0 Å². The van der Waals surface area contributed by atoms with Crippen LogP contribution in [0.3, 0.4) is 0 Å². The molecule has 1 aromatic rings. The van der Waals surface area contributed by atoms with Crippen LogP contribution in [0.5, 0.6) is 0 Å². The van der Waals surface area contributed by atoms with Gasteiger partial charge in [0.15, 0.2) is 0 Å². The second-order valence-electron chi connectivity index (χ2n) is 5.44. The minimum absolute atomic E-state index is 0.689. The highest BCUT2D eigenvalue weighted by Crippen LogP contribution is 2.26. The van der Waals surface area contributed by atoms with Crippen LogP contribution in [0.25, 0.3) is 0 Å². The zero-order valence-corrected chi connectivity index (χ0v) is 11.5. The summed E-state index contributed by atoms with van der Waals surface area (Å²) >= 11 is 0. The Hall–Kier alpha value is -1.06. The third kappa shape index (κ3) is 3.47. The third-order valence-electron chi connectivity index (χ3n) is 3.83. The second-order valence-corrected chi connectivity index (χ2v) is 5.44. The summed E-state index contributed by atoms with van der Waals surface area (Å²) in [5.74, 6) is 5.86. The van der Waals surface area contributed by atoms with Crippen molar-refractivity contribution in [2.75, 3.05) is 24.6 Å². The normalized spacial score (nSPS) is 17.2. The molecule has 1 saturated heterocycles. The van der Waals surface area contributed by atoms with E-state index in [1.807, 2.05) is 0 Å². The smallest absolute Gasteiger partial charge is 0.0681 e. The Morgan fingerprint density at radius 2 is 1.78 bits per heavy atom. The highest BCUT2D eigenvalue weighted by Gasteiger charge is 2.19. The Kier molecular flexibility index (Phi) is 4.61. The van der Waals surface area contributed by atoms with Crippen LogP contribution in [-0.2, 0) is 4.84 Å². The predicted molar refractivity (Wildman–Crippen MR) is 75.6 cm³/mol. The summed E-state index contributed by atoms with van der Waals surface area (Å²) in [5, 5.41) is 0. The summed E-state index contributed by atoms with van der Waals surface area (Å²) < 4.78 is 0. The zero-order chi connectivity index (χ0) is 13.0. The fraction of sp³-hybridized carbons (Fsp3) is 0.600. The summed E-state index contributed by atoms with van der Waals surface area (Å²) in [6.07, 6.45) is 3.59. The molecule has 0 amide bonds. The monoisotopic (exact) mass is 248 g/mol. The van der Waals surface area contributed by atoms with Gasteiger partial charge in [-0.15, -0.1) is 0 Å². The molecule has 0 aromatic heterocycles. The number of benzene rings is 1. The number of rotatable bonds is 4. The molecule has 2 N–H and O–H groups in total. The van der Waals surface area contributed by atoms with Crippen molar-refractivity contribution in [1.29, 1.82) is 0 Å². The Balaban J connectivity index is 1.92. The highest BCUT2D eigenvalue weighted by atomic mass is 16.6. The largest absolute Gasteiger partial charge is 0.372 e. The van der Waals surface area contributed by atoms with Crippen LogP contribution in [0.15, 0.2) is 18.2 Å². The number of hydrogen-bond acceptors (Lipinski definition) is 3. The van der Waals surface area contributed by atoms with Crippen molar-refractivity contribution in [3.63, 3.8) is 0 Å². The molecule has 0 saturated carbocycles. The molecule has 100 valence electrons. The maximum Gasteiger partial charge on any atom is 0.0681 e. The van der Waals surface area contributed by atoms with Crippen LogP contribution in [0.4, 0.5) is 5.69 Å². The minimum Gasteiger partial charge on any atom is -0.372 e. The first-order valence-electron chi connectivity index (χ1n) is 6.84. The standard InChI is InChI=1S/C15H24N2O/c1-12-9-13(2)11-15(10-12)17-6-3-14(4-7-17)5-8-18-16/h9-11,14H,3-8,16H2,1-2H3. The maximum absolute atomic E-state index is 5.09. The van der Waals surface area contributed by atoms with Crippen molar-refractivity contribution >= 4 is 5.69 Å². The molecule has 1 aromatic carbocycles. The Bertz CT molecular complexity index is 364. The first kappa shape index (κ1) is 13.4. The summed E-state index contributed by atoms with van der Waals surface area (Å²) in [7, 11) is 0. The molecule has 0 radical (unpaired) electrons. The van der Waals surface area contributed by atoms with E-state index in [9.17, 15) is 0 Å². The lowest BCUT2D eigenvalue weighted by Crippen LogP contribution is -2.34. The average molecular weight is 248 g/mol. The van der Waals surface area contributed by atoms with Gasteiger partial charge in [0.2, 0.25) is 0 Å². The fourth-order valence-electron chi connectivity index (χ4n) is 2.85. The summed E-state index contributed by atoms with van der Waals surface area (Å²) in [4.78, 5) is 7.17. The van der Waals surface area contributed by atoms with Gasteiger partial charge in [0.25, 0.3) is 0 Å². The fourth-order valence-corrected chi connectivity index (χ4v) is 2.85. The van der Waals surface area contributed by atoms with Crippen molar-refractivity contribution in [2.45, 2.75) is 33.1 Å². The van der Waals surface area contributed by atoms with Crippen molar-refractivity contribution in [3.05, 3.63) is 29.3 Å². The van der Waals surface area contributed by atoms with E-state index >= 15 is 0 Å². The van der Waals surface area contributed by atoms with E-state index in [1.54, 1.807) is 0 Å². The maximum atomic E-state index is 5.09. The minimum atomic E-state index is 0.689. The van der Waals surface area contributed by atoms with Gasteiger partial charge in [-0.05, 0) is 62.3 Å². The van der Waals surface area contributed by atoms with E-state index < -0.39 is 0 Å². The molecule has 18 heavy (non-hydrogen) atoms. The molecule has 3 nitrogen and oxygen atoms in total. The molecule has 0 bridgehead atoms. The molecule has 1 fully saturated rings. The molecule has 1 aliphatic rings. The molecule has 0 aliphatic carbocycles. The summed E-state index contributed by atoms with van der Waals surface area (Å²) in [6, 6.07) is 6.81. The Morgan fingerprint density at radius 3 is 2.33 bits per heavy atom. The van der Waals surface area contributed by atoms with Crippen molar-refractivity contribution in [2.24, 2.45) is 11.8 Å². The number of hydrogen-bond donors (Lipinski definition) is 1. The molecule has 0 spiro atoms. The SMILES string of the molecule is Cc1cc(C)cc(N2CCC(CCON)CC2)c1. The van der Waals surface area contributed by atoms with Gasteiger partial charge in [-0.1, -0.05) is 6.07 Å². The van der Waals surface area contributed by atoms with Gasteiger partial charge >= 0.3 is 0 Å². The van der Waals surface area contributed by atoms with Gasteiger partial charge in [0.1, 0.15) is 0 Å². The highest BCUT2D eigenvalue weighted by molar-refractivity contribution is 5.51. The lowest BCUT2D eigenvalue weighted by Gasteiger charge is -2.34. The van der Waals surface area contributed by atoms with Crippen LogP contribution in [0, 0.1) is 19.8 Å². The number of aryl methyl sites for hydroxylation is 2. The molecule has 0 atom stereocenters. The van der Waals surface area contributed by atoms with Crippen LogP contribution < -0.4 is 10.8 Å². The van der Waals surface area contributed by atoms with Crippen LogP contribution >= 0.6 is 0 Å². The first-order valence-corrected chi connectivity index (χ1v) is 6.84. The molecule has 1 aliphatic heterocycles. The molecule has 0 unspecified atom stereocenters. The number of piperidine rings is 1. The molecule has 1 heterocycles. The van der Waals surface area contributed by atoms with Crippen molar-refractivity contribution < 1.29 is 4.84 Å². The quantitative estimate of drug-likeness (QED) is 0.833. The lowest BCUT2D eigenvalue weighted by atomic mass is 9.93. The van der Waals surface area contributed by atoms with E-state index in [2.05, 4.69) is 41.8 Å². The van der Waals surface area contributed by atoms with Gasteiger partial charge in [-0.3, -0.25) is 0 Å². The third-order valence-corrected chi connectivity index (χ3v) is 3.83. The van der Waals surface area contributed by atoms with E-state index in [0.717, 1.165) is 25.4 Å². The van der Waals surface area contributed by atoms with Gasteiger partial charge in [0, 0.05) is 18.8 Å². The van der Waals surface area contributed by atoms with Crippen molar-refractivity contribution in [3.8, 4) is 0 Å². The zero-order valence-electron chi connectivity index (χ0n) is 11.5. The molecule has 2 rings (SSSR count). The number of nitrogens with zero attached hydrogens (tertiary/aromatic N) is 1. The van der Waals surface area contributed by atoms with Crippen LogP contribution in [-0.4, -0.2) is 19.7 Å². The van der Waals surface area contributed by atoms with Gasteiger partial charge in [-0.25, -0.2) is 5.90 Å². The summed E-state index contributed by atoms with van der Waals surface area (Å²) in [5.41, 5.74) is 4.08. The van der Waals surface area contributed by atoms with Gasteiger partial charge in [-0.2, -0.15) is 0 Å². The van der Waals surface area contributed by atoms with E-state index in [4.69, 9.17) is 5.90 Å². The van der Waals surface area contributed by atoms with E-state index in [1.165, 1.54) is 29.7 Å². The molecular weight excluding hydrogens is 224 g/mol. The van der Waals surface area contributed by atoms with E-state index in [0.29, 0.717) is 6.61 Å². The second kappa shape index (κ2) is 6.21. The van der Waals surface area contributed by atoms with Gasteiger partial charge in [0.05, 0.1) is 6.61 Å². The Morgan fingerprint density at radius 1 is 1.17 bits per heavy atom. The predicted octanol–water partition coefficient (Wildman–Crippen LogP) is 2.80.